The maximum absolute atomic E-state index is 11.9. The molecule has 0 aliphatic rings. The first-order valence-corrected chi connectivity index (χ1v) is 7.38. The number of nitrogens with one attached hydrogen (secondary N) is 2. The third-order valence-corrected chi connectivity index (χ3v) is 3.70. The number of rotatable bonds is 4. The van der Waals surface area contributed by atoms with E-state index < -0.39 is 0 Å². The minimum Gasteiger partial charge on any atom is -0.325 e. The van der Waals surface area contributed by atoms with Crippen molar-refractivity contribution < 1.29 is 4.79 Å². The quantitative estimate of drug-likeness (QED) is 0.841. The fourth-order valence-corrected chi connectivity index (χ4v) is 2.32. The highest BCUT2D eigenvalue weighted by Gasteiger charge is 2.08. The van der Waals surface area contributed by atoms with Gasteiger partial charge in [-0.2, -0.15) is 0 Å². The number of anilines is 1. The minimum absolute atomic E-state index is 0.154. The number of aryl methyl sites for hydroxylation is 3. The van der Waals surface area contributed by atoms with Crippen molar-refractivity contribution in [2.45, 2.75) is 25.9 Å². The average molecular weight is 304 g/mol. The van der Waals surface area contributed by atoms with Crippen molar-refractivity contribution >= 4 is 23.4 Å². The zero-order valence-corrected chi connectivity index (χ0v) is 12.9. The third kappa shape index (κ3) is 4.16. The molecule has 0 fully saturated rings. The molecule has 6 nitrogen and oxygen atoms in total. The first-order chi connectivity index (χ1) is 9.95. The molecule has 2 rings (SSSR count). The van der Waals surface area contributed by atoms with Crippen LogP contribution in [0.3, 0.4) is 0 Å². The summed E-state index contributed by atoms with van der Waals surface area (Å²) in [7, 11) is 0. The molecule has 0 saturated carbocycles. The Hall–Kier alpha value is -2.15. The SMILES string of the molecule is Cc1ccc(NC(=O)CSc2nnc(C)c(=O)[nH]2)c(C)c1. The number of hydrogen-bond acceptors (Lipinski definition) is 5. The normalized spacial score (nSPS) is 10.4. The Balaban J connectivity index is 1.95. The molecular formula is C14H16N4O2S. The van der Waals surface area contributed by atoms with E-state index in [1.54, 1.807) is 6.92 Å². The second-order valence-corrected chi connectivity index (χ2v) is 5.66. The molecule has 1 aromatic heterocycles. The molecule has 0 bridgehead atoms. The molecule has 0 aliphatic heterocycles. The van der Waals surface area contributed by atoms with Gasteiger partial charge in [0.25, 0.3) is 5.56 Å². The first kappa shape index (κ1) is 15.2. The van der Waals surface area contributed by atoms with Gasteiger partial charge < -0.3 is 5.32 Å². The summed E-state index contributed by atoms with van der Waals surface area (Å²) in [5, 5.41) is 10.7. The Kier molecular flexibility index (Phi) is 4.74. The second-order valence-electron chi connectivity index (χ2n) is 4.70. The van der Waals surface area contributed by atoms with Crippen molar-refractivity contribution in [3.63, 3.8) is 0 Å². The van der Waals surface area contributed by atoms with Crippen LogP contribution in [-0.4, -0.2) is 26.8 Å². The summed E-state index contributed by atoms with van der Waals surface area (Å²) in [4.78, 5) is 25.9. The van der Waals surface area contributed by atoms with E-state index >= 15 is 0 Å². The van der Waals surface area contributed by atoms with Crippen molar-refractivity contribution in [1.29, 1.82) is 0 Å². The zero-order chi connectivity index (χ0) is 15.4. The van der Waals surface area contributed by atoms with Crippen LogP contribution >= 0.6 is 11.8 Å². The van der Waals surface area contributed by atoms with Gasteiger partial charge in [0.1, 0.15) is 5.69 Å². The van der Waals surface area contributed by atoms with Crippen molar-refractivity contribution in [2.24, 2.45) is 0 Å². The topological polar surface area (TPSA) is 87.7 Å². The Morgan fingerprint density at radius 3 is 2.71 bits per heavy atom. The van der Waals surface area contributed by atoms with E-state index in [0.717, 1.165) is 28.6 Å². The maximum atomic E-state index is 11.9. The molecule has 2 N–H and O–H groups in total. The fraction of sp³-hybridized carbons (Fsp3) is 0.286. The summed E-state index contributed by atoms with van der Waals surface area (Å²) in [5.41, 5.74) is 2.96. The number of benzene rings is 1. The number of thioether (sulfide) groups is 1. The molecule has 1 heterocycles. The van der Waals surface area contributed by atoms with Crippen LogP contribution in [0.25, 0.3) is 0 Å². The third-order valence-electron chi connectivity index (χ3n) is 2.84. The Bertz CT molecular complexity index is 727. The predicted octanol–water partition coefficient (Wildman–Crippen LogP) is 1.82. The summed E-state index contributed by atoms with van der Waals surface area (Å²) >= 11 is 1.14. The smallest absolute Gasteiger partial charge is 0.273 e. The van der Waals surface area contributed by atoms with Crippen molar-refractivity contribution in [3.8, 4) is 0 Å². The van der Waals surface area contributed by atoms with Crippen LogP contribution < -0.4 is 10.9 Å². The largest absolute Gasteiger partial charge is 0.325 e. The Morgan fingerprint density at radius 2 is 2.05 bits per heavy atom. The number of carbonyl (C=O) groups excluding carboxylic acids is 1. The van der Waals surface area contributed by atoms with Crippen LogP contribution in [0, 0.1) is 20.8 Å². The number of hydrogen-bond donors (Lipinski definition) is 2. The van der Waals surface area contributed by atoms with Crippen molar-refractivity contribution in [2.75, 3.05) is 11.1 Å². The molecule has 2 aromatic rings. The van der Waals surface area contributed by atoms with E-state index in [1.807, 2.05) is 32.0 Å². The van der Waals surface area contributed by atoms with E-state index in [9.17, 15) is 9.59 Å². The predicted molar refractivity (Wildman–Crippen MR) is 82.7 cm³/mol. The highest BCUT2D eigenvalue weighted by molar-refractivity contribution is 7.99. The molecule has 0 radical (unpaired) electrons. The van der Waals surface area contributed by atoms with Crippen LogP contribution in [0.15, 0.2) is 28.2 Å². The molecule has 0 saturated heterocycles. The van der Waals surface area contributed by atoms with Gasteiger partial charge in [-0.05, 0) is 32.4 Å². The lowest BCUT2D eigenvalue weighted by Gasteiger charge is -2.08. The Morgan fingerprint density at radius 1 is 1.29 bits per heavy atom. The summed E-state index contributed by atoms with van der Waals surface area (Å²) in [6.45, 7) is 5.52. The molecule has 110 valence electrons. The second kappa shape index (κ2) is 6.53. The van der Waals surface area contributed by atoms with Gasteiger partial charge in [0.2, 0.25) is 5.91 Å². The Labute approximate surface area is 126 Å². The number of nitrogens with zero attached hydrogens (tertiary/aromatic N) is 2. The highest BCUT2D eigenvalue weighted by Crippen LogP contribution is 2.17. The molecular weight excluding hydrogens is 288 g/mol. The molecule has 7 heteroatoms. The van der Waals surface area contributed by atoms with E-state index in [-0.39, 0.29) is 17.2 Å². The number of amides is 1. The van der Waals surface area contributed by atoms with Crippen molar-refractivity contribution in [3.05, 3.63) is 45.4 Å². The molecule has 0 spiro atoms. The lowest BCUT2D eigenvalue weighted by Crippen LogP contribution is -2.17. The van der Waals surface area contributed by atoms with Crippen LogP contribution in [0.2, 0.25) is 0 Å². The molecule has 1 aromatic carbocycles. The summed E-state index contributed by atoms with van der Waals surface area (Å²) in [6.07, 6.45) is 0. The zero-order valence-electron chi connectivity index (χ0n) is 12.1. The number of aromatic amines is 1. The number of H-pyrrole nitrogens is 1. The van der Waals surface area contributed by atoms with Crippen LogP contribution in [0.5, 0.6) is 0 Å². The lowest BCUT2D eigenvalue weighted by atomic mass is 10.1. The van der Waals surface area contributed by atoms with Gasteiger partial charge in [-0.1, -0.05) is 29.5 Å². The fourth-order valence-electron chi connectivity index (χ4n) is 1.72. The van der Waals surface area contributed by atoms with Gasteiger partial charge in [-0.15, -0.1) is 10.2 Å². The molecule has 0 unspecified atom stereocenters. The summed E-state index contributed by atoms with van der Waals surface area (Å²) in [6, 6.07) is 5.82. The van der Waals surface area contributed by atoms with Crippen LogP contribution in [-0.2, 0) is 4.79 Å². The van der Waals surface area contributed by atoms with E-state index in [0.29, 0.717) is 10.9 Å². The van der Waals surface area contributed by atoms with Crippen LogP contribution in [0.1, 0.15) is 16.8 Å². The molecule has 0 aliphatic carbocycles. The highest BCUT2D eigenvalue weighted by atomic mass is 32.2. The monoisotopic (exact) mass is 304 g/mol. The van der Waals surface area contributed by atoms with E-state index in [1.165, 1.54) is 0 Å². The van der Waals surface area contributed by atoms with Gasteiger partial charge in [-0.25, -0.2) is 0 Å². The maximum Gasteiger partial charge on any atom is 0.273 e. The number of aromatic nitrogens is 3. The summed E-state index contributed by atoms with van der Waals surface area (Å²) < 4.78 is 0. The van der Waals surface area contributed by atoms with Gasteiger partial charge in [-0.3, -0.25) is 14.6 Å². The standard InChI is InChI=1S/C14H16N4O2S/c1-8-4-5-11(9(2)6-8)15-12(19)7-21-14-16-13(20)10(3)17-18-14/h4-6H,7H2,1-3H3,(H,15,19)(H,16,18,20). The molecule has 1 amide bonds. The van der Waals surface area contributed by atoms with Crippen LogP contribution in [0.4, 0.5) is 5.69 Å². The van der Waals surface area contributed by atoms with Gasteiger partial charge >= 0.3 is 0 Å². The van der Waals surface area contributed by atoms with Crippen molar-refractivity contribution in [1.82, 2.24) is 15.2 Å². The number of carbonyl (C=O) groups is 1. The van der Waals surface area contributed by atoms with Gasteiger partial charge in [0, 0.05) is 5.69 Å². The lowest BCUT2D eigenvalue weighted by molar-refractivity contribution is -0.113. The van der Waals surface area contributed by atoms with E-state index in [2.05, 4.69) is 20.5 Å². The molecule has 21 heavy (non-hydrogen) atoms. The summed E-state index contributed by atoms with van der Waals surface area (Å²) in [5.74, 6) is -0.00348. The average Bonchev–Trinajstić information content (AvgIpc) is 2.43. The minimum atomic E-state index is -0.290. The first-order valence-electron chi connectivity index (χ1n) is 6.39. The van der Waals surface area contributed by atoms with E-state index in [4.69, 9.17) is 0 Å². The van der Waals surface area contributed by atoms with Gasteiger partial charge in [0.15, 0.2) is 5.16 Å². The molecule has 0 atom stereocenters. The van der Waals surface area contributed by atoms with Gasteiger partial charge in [0.05, 0.1) is 5.75 Å².